The van der Waals surface area contributed by atoms with E-state index < -0.39 is 29.2 Å². The lowest BCUT2D eigenvalue weighted by Crippen LogP contribution is -2.35. The summed E-state index contributed by atoms with van der Waals surface area (Å²) in [6, 6.07) is 11.6. The fourth-order valence-corrected chi connectivity index (χ4v) is 4.17. The van der Waals surface area contributed by atoms with Crippen LogP contribution in [-0.4, -0.2) is 26.9 Å². The predicted octanol–water partition coefficient (Wildman–Crippen LogP) is 2.99. The minimum atomic E-state index is -0.619. The molecule has 1 aromatic heterocycles. The number of carbonyl (C=O) groups excluding carboxylic acids is 2. The number of amides is 2. The van der Waals surface area contributed by atoms with Crippen LogP contribution in [0.15, 0.2) is 53.3 Å². The third-order valence-corrected chi connectivity index (χ3v) is 5.60. The van der Waals surface area contributed by atoms with Gasteiger partial charge in [-0.05, 0) is 53.8 Å². The predicted molar refractivity (Wildman–Crippen MR) is 112 cm³/mol. The molecule has 1 aliphatic carbocycles. The van der Waals surface area contributed by atoms with Crippen molar-refractivity contribution < 1.29 is 14.0 Å². The maximum Gasteiger partial charge on any atom is 0.275 e. The van der Waals surface area contributed by atoms with Crippen molar-refractivity contribution in [3.05, 3.63) is 97.7 Å². The van der Waals surface area contributed by atoms with E-state index in [0.717, 1.165) is 0 Å². The number of nitrogens with one attached hydrogen (secondary N) is 1. The molecule has 31 heavy (non-hydrogen) atoms. The second kappa shape index (κ2) is 8.31. The summed E-state index contributed by atoms with van der Waals surface area (Å²) in [6.45, 7) is 0.0387. The number of H-pyrrole nitrogens is 1. The van der Waals surface area contributed by atoms with Gasteiger partial charge in [0.05, 0.1) is 6.04 Å². The summed E-state index contributed by atoms with van der Waals surface area (Å²) in [5, 5.41) is 6.32. The molecule has 4 rings (SSSR count). The summed E-state index contributed by atoms with van der Waals surface area (Å²) in [5.41, 5.74) is 7.02. The van der Waals surface area contributed by atoms with E-state index in [-0.39, 0.29) is 22.8 Å². The van der Waals surface area contributed by atoms with Gasteiger partial charge in [-0.25, -0.2) is 9.49 Å². The fraction of sp³-hybridized carbons (Fsp3) is 0.182. The maximum atomic E-state index is 14.5. The Morgan fingerprint density at radius 1 is 1.23 bits per heavy atom. The summed E-state index contributed by atoms with van der Waals surface area (Å²) in [5.74, 6) is -1.52. The molecule has 3 aromatic rings. The Labute approximate surface area is 181 Å². The molecular formula is C22H18ClFN4O3. The van der Waals surface area contributed by atoms with Gasteiger partial charge in [-0.2, -0.15) is 5.10 Å². The van der Waals surface area contributed by atoms with E-state index in [0.29, 0.717) is 29.5 Å². The quantitative estimate of drug-likeness (QED) is 0.635. The molecule has 158 valence electrons. The topological polar surface area (TPSA) is 109 Å². The zero-order valence-corrected chi connectivity index (χ0v) is 17.0. The SMILES string of the molecule is NC(=O)c1ccccc1CN(C(=O)c1ccc(=O)[nH]n1)[C@@H]1CCc2c(F)cc(Cl)cc21. The number of benzene rings is 2. The Balaban J connectivity index is 1.80. The number of carbonyl (C=O) groups is 2. The van der Waals surface area contributed by atoms with Gasteiger partial charge in [-0.1, -0.05) is 29.8 Å². The van der Waals surface area contributed by atoms with Gasteiger partial charge in [-0.15, -0.1) is 0 Å². The van der Waals surface area contributed by atoms with Crippen molar-refractivity contribution in [3.8, 4) is 0 Å². The van der Waals surface area contributed by atoms with Crippen LogP contribution < -0.4 is 11.3 Å². The van der Waals surface area contributed by atoms with Crippen molar-refractivity contribution in [1.29, 1.82) is 0 Å². The Hall–Kier alpha value is -3.52. The number of aromatic amines is 1. The number of halogens is 2. The van der Waals surface area contributed by atoms with Crippen LogP contribution in [0.3, 0.4) is 0 Å². The molecule has 0 fully saturated rings. The monoisotopic (exact) mass is 440 g/mol. The molecule has 1 aliphatic rings. The summed E-state index contributed by atoms with van der Waals surface area (Å²) in [4.78, 5) is 38.2. The molecule has 0 saturated carbocycles. The van der Waals surface area contributed by atoms with E-state index in [9.17, 15) is 18.8 Å². The molecule has 1 heterocycles. The molecule has 9 heteroatoms. The molecule has 0 radical (unpaired) electrons. The zero-order valence-electron chi connectivity index (χ0n) is 16.3. The van der Waals surface area contributed by atoms with Crippen molar-refractivity contribution in [2.45, 2.75) is 25.4 Å². The van der Waals surface area contributed by atoms with E-state index in [2.05, 4.69) is 10.2 Å². The van der Waals surface area contributed by atoms with Crippen LogP contribution in [0.25, 0.3) is 0 Å². The van der Waals surface area contributed by atoms with Crippen LogP contribution in [0.5, 0.6) is 0 Å². The van der Waals surface area contributed by atoms with E-state index in [1.165, 1.54) is 23.1 Å². The lowest BCUT2D eigenvalue weighted by molar-refractivity contribution is 0.0648. The number of fused-ring (bicyclic) bond motifs is 1. The van der Waals surface area contributed by atoms with Crippen molar-refractivity contribution >= 4 is 23.4 Å². The van der Waals surface area contributed by atoms with Crippen LogP contribution >= 0.6 is 11.6 Å². The molecule has 7 nitrogen and oxygen atoms in total. The van der Waals surface area contributed by atoms with E-state index >= 15 is 0 Å². The molecule has 1 atom stereocenters. The number of primary amides is 1. The molecule has 3 N–H and O–H groups in total. The highest BCUT2D eigenvalue weighted by Gasteiger charge is 2.34. The zero-order chi connectivity index (χ0) is 22.1. The number of hydrogen-bond donors (Lipinski definition) is 2. The van der Waals surface area contributed by atoms with Crippen molar-refractivity contribution in [2.24, 2.45) is 5.73 Å². The first-order valence-corrected chi connectivity index (χ1v) is 9.95. The molecule has 0 unspecified atom stereocenters. The average Bonchev–Trinajstić information content (AvgIpc) is 3.16. The third kappa shape index (κ3) is 4.06. The number of rotatable bonds is 5. The lowest BCUT2D eigenvalue weighted by Gasteiger charge is -2.30. The summed E-state index contributed by atoms with van der Waals surface area (Å²) < 4.78 is 14.5. The van der Waals surface area contributed by atoms with Crippen molar-refractivity contribution in [2.75, 3.05) is 0 Å². The summed E-state index contributed by atoms with van der Waals surface area (Å²) in [7, 11) is 0. The molecule has 0 aliphatic heterocycles. The highest BCUT2D eigenvalue weighted by atomic mass is 35.5. The third-order valence-electron chi connectivity index (χ3n) is 5.38. The van der Waals surface area contributed by atoms with Crippen LogP contribution in [0.1, 0.15) is 50.0 Å². The fourth-order valence-electron chi connectivity index (χ4n) is 3.96. The van der Waals surface area contributed by atoms with Gasteiger partial charge >= 0.3 is 0 Å². The lowest BCUT2D eigenvalue weighted by atomic mass is 10.0. The molecule has 2 amide bonds. The number of hydrogen-bond acceptors (Lipinski definition) is 4. The minimum absolute atomic E-state index is 0.0205. The van der Waals surface area contributed by atoms with Gasteiger partial charge in [0.2, 0.25) is 5.91 Å². The van der Waals surface area contributed by atoms with Crippen LogP contribution in [0, 0.1) is 5.82 Å². The Kier molecular flexibility index (Phi) is 5.56. The minimum Gasteiger partial charge on any atom is -0.366 e. The van der Waals surface area contributed by atoms with Gasteiger partial charge in [0.25, 0.3) is 11.5 Å². The standard InChI is InChI=1S/C22H18ClFN4O3/c23-13-9-16-15(17(24)10-13)5-7-19(16)28(22(31)18-6-8-20(29)27-26-18)11-12-3-1-2-4-14(12)21(25)30/h1-4,6,8-10,19H,5,7,11H2,(H2,25,30)(H,27,29)/t19-/m1/s1. The number of nitrogens with zero attached hydrogens (tertiary/aromatic N) is 2. The van der Waals surface area contributed by atoms with Gasteiger partial charge in [0.1, 0.15) is 11.5 Å². The van der Waals surface area contributed by atoms with Crippen LogP contribution in [-0.2, 0) is 13.0 Å². The molecule has 0 bridgehead atoms. The Morgan fingerprint density at radius 2 is 2.00 bits per heavy atom. The van der Waals surface area contributed by atoms with Crippen molar-refractivity contribution in [3.63, 3.8) is 0 Å². The average molecular weight is 441 g/mol. The Morgan fingerprint density at radius 3 is 2.71 bits per heavy atom. The van der Waals surface area contributed by atoms with Crippen LogP contribution in [0.4, 0.5) is 4.39 Å². The Bertz CT molecular complexity index is 1220. The summed E-state index contributed by atoms with van der Waals surface area (Å²) in [6.07, 6.45) is 0.906. The second-order valence-corrected chi connectivity index (χ2v) is 7.71. The van der Waals surface area contributed by atoms with E-state index in [1.54, 1.807) is 30.3 Å². The second-order valence-electron chi connectivity index (χ2n) is 7.27. The highest BCUT2D eigenvalue weighted by Crippen LogP contribution is 2.40. The summed E-state index contributed by atoms with van der Waals surface area (Å²) >= 11 is 6.08. The van der Waals surface area contributed by atoms with Crippen LogP contribution in [0.2, 0.25) is 5.02 Å². The first kappa shape index (κ1) is 20.7. The van der Waals surface area contributed by atoms with Crippen molar-refractivity contribution in [1.82, 2.24) is 15.1 Å². The largest absolute Gasteiger partial charge is 0.366 e. The molecule has 0 saturated heterocycles. The first-order valence-electron chi connectivity index (χ1n) is 9.57. The number of nitrogens with two attached hydrogens (primary N) is 1. The van der Waals surface area contributed by atoms with E-state index in [4.69, 9.17) is 17.3 Å². The molecular weight excluding hydrogens is 423 g/mol. The molecule has 2 aromatic carbocycles. The number of aromatic nitrogens is 2. The smallest absolute Gasteiger partial charge is 0.275 e. The maximum absolute atomic E-state index is 14.5. The van der Waals surface area contributed by atoms with Gasteiger partial charge in [0.15, 0.2) is 0 Å². The highest BCUT2D eigenvalue weighted by molar-refractivity contribution is 6.30. The van der Waals surface area contributed by atoms with Gasteiger partial charge in [-0.3, -0.25) is 14.4 Å². The van der Waals surface area contributed by atoms with Gasteiger partial charge < -0.3 is 10.6 Å². The first-order chi connectivity index (χ1) is 14.8. The van der Waals surface area contributed by atoms with Gasteiger partial charge in [0, 0.05) is 23.2 Å². The van der Waals surface area contributed by atoms with E-state index in [1.807, 2.05) is 0 Å². The molecule has 0 spiro atoms. The normalized spacial score (nSPS) is 14.8.